The summed E-state index contributed by atoms with van der Waals surface area (Å²) < 4.78 is 8.19. The molecule has 38 heavy (non-hydrogen) atoms. The number of hydrogen-bond donors (Lipinski definition) is 2. The van der Waals surface area contributed by atoms with Gasteiger partial charge in [-0.2, -0.15) is 0 Å². The molecule has 0 aliphatic carbocycles. The van der Waals surface area contributed by atoms with Gasteiger partial charge in [0.05, 0.1) is 6.54 Å². The number of nitrogens with zero attached hydrogens (tertiary/aromatic N) is 3. The number of carboxylic acids is 1. The molecule has 0 aliphatic heterocycles. The lowest BCUT2D eigenvalue weighted by Gasteiger charge is -2.21. The second-order valence-electron chi connectivity index (χ2n) is 9.88. The Kier molecular flexibility index (Phi) is 10.3. The number of carbonyl (C=O) groups is 1. The van der Waals surface area contributed by atoms with Gasteiger partial charge in [-0.3, -0.25) is 9.36 Å². The highest BCUT2D eigenvalue weighted by atomic mass is 16.5. The van der Waals surface area contributed by atoms with Crippen LogP contribution in [0.25, 0.3) is 0 Å². The van der Waals surface area contributed by atoms with E-state index >= 15 is 0 Å². The third kappa shape index (κ3) is 8.06. The van der Waals surface area contributed by atoms with Crippen molar-refractivity contribution in [2.24, 2.45) is 0 Å². The number of rotatable bonds is 15. The first-order valence-corrected chi connectivity index (χ1v) is 13.2. The van der Waals surface area contributed by atoms with Crippen LogP contribution in [0.15, 0.2) is 64.2 Å². The van der Waals surface area contributed by atoms with Gasteiger partial charge in [-0.1, -0.05) is 75.1 Å². The lowest BCUT2D eigenvalue weighted by molar-refractivity contribution is -0.152. The third-order valence-electron chi connectivity index (χ3n) is 6.29. The van der Waals surface area contributed by atoms with Gasteiger partial charge in [-0.15, -0.1) is 5.10 Å². The predicted molar refractivity (Wildman–Crippen MR) is 148 cm³/mol. The van der Waals surface area contributed by atoms with E-state index in [0.29, 0.717) is 25.3 Å². The van der Waals surface area contributed by atoms with Crippen molar-refractivity contribution < 1.29 is 14.6 Å². The maximum atomic E-state index is 13.2. The SMILES string of the molecule is CCCCCCCn1nc(NCCc2ccc(OC(C)(C)C(=O)O)cc2)c(=O)n(Cc2ccccc2)c1=O. The molecular weight excluding hydrogens is 484 g/mol. The van der Waals surface area contributed by atoms with E-state index in [4.69, 9.17) is 4.74 Å². The number of aryl methyl sites for hydroxylation is 1. The van der Waals surface area contributed by atoms with Crippen molar-refractivity contribution in [3.8, 4) is 5.75 Å². The standard InChI is InChI=1S/C29H38N4O5/c1-4-5-6-7-11-20-33-28(37)32(21-23-12-9-8-10-13-23)26(34)25(31-33)30-19-18-22-14-16-24(17-15-22)38-29(2,3)27(35)36/h8-10,12-17H,4-7,11,18-21H2,1-3H3,(H,30,31)(H,35,36). The highest BCUT2D eigenvalue weighted by Crippen LogP contribution is 2.19. The van der Waals surface area contributed by atoms with E-state index in [1.165, 1.54) is 23.1 Å². The van der Waals surface area contributed by atoms with Gasteiger partial charge in [-0.05, 0) is 49.9 Å². The summed E-state index contributed by atoms with van der Waals surface area (Å²) in [5.41, 5.74) is -0.327. The van der Waals surface area contributed by atoms with Crippen LogP contribution in [0.4, 0.5) is 5.82 Å². The molecule has 3 aromatic rings. The number of unbranched alkanes of at least 4 members (excludes halogenated alkanes) is 4. The van der Waals surface area contributed by atoms with E-state index in [-0.39, 0.29) is 12.4 Å². The number of carboxylic acid groups (broad SMARTS) is 1. The molecule has 0 saturated heterocycles. The maximum absolute atomic E-state index is 13.2. The van der Waals surface area contributed by atoms with Gasteiger partial charge in [0, 0.05) is 13.1 Å². The fraction of sp³-hybridized carbons (Fsp3) is 0.448. The number of nitrogens with one attached hydrogen (secondary N) is 1. The van der Waals surface area contributed by atoms with Crippen molar-refractivity contribution in [3.63, 3.8) is 0 Å². The maximum Gasteiger partial charge on any atom is 0.347 e. The summed E-state index contributed by atoms with van der Waals surface area (Å²) in [6.07, 6.45) is 5.84. The molecule has 2 N–H and O–H groups in total. The minimum absolute atomic E-state index is 0.150. The lowest BCUT2D eigenvalue weighted by Crippen LogP contribution is -2.43. The van der Waals surface area contributed by atoms with E-state index in [9.17, 15) is 19.5 Å². The number of aliphatic carboxylic acids is 1. The second-order valence-corrected chi connectivity index (χ2v) is 9.88. The molecule has 0 radical (unpaired) electrons. The van der Waals surface area contributed by atoms with Crippen molar-refractivity contribution in [1.82, 2.24) is 14.3 Å². The van der Waals surface area contributed by atoms with Gasteiger partial charge in [0.25, 0.3) is 5.56 Å². The second kappa shape index (κ2) is 13.6. The van der Waals surface area contributed by atoms with Crippen molar-refractivity contribution in [2.75, 3.05) is 11.9 Å². The largest absolute Gasteiger partial charge is 0.478 e. The summed E-state index contributed by atoms with van der Waals surface area (Å²) in [7, 11) is 0. The molecule has 0 amide bonds. The topological polar surface area (TPSA) is 115 Å². The molecule has 1 heterocycles. The summed E-state index contributed by atoms with van der Waals surface area (Å²) in [6.45, 7) is 6.22. The van der Waals surface area contributed by atoms with Crippen LogP contribution in [0, 0.1) is 0 Å². The lowest BCUT2D eigenvalue weighted by atomic mass is 10.1. The summed E-state index contributed by atoms with van der Waals surface area (Å²) in [5.74, 6) is -0.429. The fourth-order valence-electron chi connectivity index (χ4n) is 3.98. The number of benzene rings is 2. The normalized spacial score (nSPS) is 11.3. The number of aromatic nitrogens is 3. The van der Waals surface area contributed by atoms with Gasteiger partial charge in [0.2, 0.25) is 5.82 Å². The molecule has 0 atom stereocenters. The number of hydrogen-bond acceptors (Lipinski definition) is 6. The Bertz CT molecular complexity index is 1300. The summed E-state index contributed by atoms with van der Waals surface area (Å²) in [4.78, 5) is 37.6. The average molecular weight is 523 g/mol. The van der Waals surface area contributed by atoms with Crippen molar-refractivity contribution in [1.29, 1.82) is 0 Å². The summed E-state index contributed by atoms with van der Waals surface area (Å²) in [6, 6.07) is 16.6. The summed E-state index contributed by atoms with van der Waals surface area (Å²) in [5, 5.41) is 16.7. The van der Waals surface area contributed by atoms with Crippen LogP contribution in [0.3, 0.4) is 0 Å². The van der Waals surface area contributed by atoms with Gasteiger partial charge in [0.15, 0.2) is 5.60 Å². The summed E-state index contributed by atoms with van der Waals surface area (Å²) >= 11 is 0. The van der Waals surface area contributed by atoms with E-state index in [1.807, 2.05) is 42.5 Å². The Morgan fingerprint density at radius 3 is 2.32 bits per heavy atom. The molecule has 3 rings (SSSR count). The van der Waals surface area contributed by atoms with Crippen molar-refractivity contribution >= 4 is 11.8 Å². The molecule has 0 spiro atoms. The quantitative estimate of drug-likeness (QED) is 0.286. The van der Waals surface area contributed by atoms with E-state index < -0.39 is 22.8 Å². The molecular formula is C29H38N4O5. The van der Waals surface area contributed by atoms with E-state index in [2.05, 4.69) is 17.3 Å². The molecule has 204 valence electrons. The fourth-order valence-corrected chi connectivity index (χ4v) is 3.98. The highest BCUT2D eigenvalue weighted by Gasteiger charge is 2.29. The molecule has 0 saturated carbocycles. The number of anilines is 1. The van der Waals surface area contributed by atoms with Crippen LogP contribution < -0.4 is 21.3 Å². The first-order valence-electron chi connectivity index (χ1n) is 13.2. The molecule has 9 heteroatoms. The Balaban J connectivity index is 1.72. The minimum atomic E-state index is -1.33. The Morgan fingerprint density at radius 2 is 1.66 bits per heavy atom. The molecule has 0 bridgehead atoms. The smallest absolute Gasteiger partial charge is 0.347 e. The van der Waals surface area contributed by atoms with Crippen LogP contribution >= 0.6 is 0 Å². The molecule has 0 unspecified atom stereocenters. The van der Waals surface area contributed by atoms with Crippen LogP contribution in [0.5, 0.6) is 5.75 Å². The van der Waals surface area contributed by atoms with Crippen molar-refractivity contribution in [2.45, 2.75) is 78.0 Å². The zero-order valence-electron chi connectivity index (χ0n) is 22.5. The molecule has 0 aliphatic rings. The highest BCUT2D eigenvalue weighted by molar-refractivity contribution is 5.76. The van der Waals surface area contributed by atoms with Gasteiger partial charge in [-0.25, -0.2) is 14.3 Å². The van der Waals surface area contributed by atoms with Crippen LogP contribution in [-0.4, -0.2) is 37.6 Å². The monoisotopic (exact) mass is 522 g/mol. The zero-order valence-corrected chi connectivity index (χ0v) is 22.5. The zero-order chi connectivity index (χ0) is 27.5. The minimum Gasteiger partial charge on any atom is -0.478 e. The van der Waals surface area contributed by atoms with E-state index in [0.717, 1.165) is 43.2 Å². The average Bonchev–Trinajstić information content (AvgIpc) is 2.90. The van der Waals surface area contributed by atoms with E-state index in [1.54, 1.807) is 12.1 Å². The molecule has 0 fully saturated rings. The first kappa shape index (κ1) is 28.7. The van der Waals surface area contributed by atoms with Crippen molar-refractivity contribution in [3.05, 3.63) is 86.6 Å². The van der Waals surface area contributed by atoms with Gasteiger partial charge in [0.1, 0.15) is 5.75 Å². The Hall–Kier alpha value is -3.88. The third-order valence-corrected chi connectivity index (χ3v) is 6.29. The van der Waals surface area contributed by atoms with Crippen LogP contribution in [0.2, 0.25) is 0 Å². The van der Waals surface area contributed by atoms with Gasteiger partial charge < -0.3 is 15.2 Å². The molecule has 1 aromatic heterocycles. The van der Waals surface area contributed by atoms with Gasteiger partial charge >= 0.3 is 11.7 Å². The predicted octanol–water partition coefficient (Wildman–Crippen LogP) is 4.32. The Labute approximate surface area is 223 Å². The number of ether oxygens (including phenoxy) is 1. The Morgan fingerprint density at radius 1 is 0.974 bits per heavy atom. The first-order chi connectivity index (χ1) is 18.2. The molecule has 2 aromatic carbocycles. The molecule has 9 nitrogen and oxygen atoms in total. The van der Waals surface area contributed by atoms with Crippen LogP contribution in [0.1, 0.15) is 64.0 Å². The van der Waals surface area contributed by atoms with Crippen LogP contribution in [-0.2, 0) is 24.3 Å².